The van der Waals surface area contributed by atoms with Crippen molar-refractivity contribution in [3.63, 3.8) is 0 Å². The molecule has 0 fully saturated rings. The van der Waals surface area contributed by atoms with E-state index in [1.54, 1.807) is 0 Å². The Bertz CT molecular complexity index is 2290. The number of hydrogen-bond donors (Lipinski definition) is 0. The highest BCUT2D eigenvalue weighted by Gasteiger charge is 2.14. The number of rotatable bonds is 5. The highest BCUT2D eigenvalue weighted by molar-refractivity contribution is 6.33. The normalized spacial score (nSPS) is 11.3. The zero-order valence-corrected chi connectivity index (χ0v) is 24.4. The van der Waals surface area contributed by atoms with Crippen molar-refractivity contribution in [1.82, 2.24) is 9.97 Å². The first kappa shape index (κ1) is 26.1. The van der Waals surface area contributed by atoms with Crippen LogP contribution in [-0.2, 0) is 0 Å². The predicted octanol–water partition coefficient (Wildman–Crippen LogP) is 11.4. The smallest absolute Gasteiger partial charge is 0.160 e. The van der Waals surface area contributed by atoms with E-state index < -0.39 is 0 Å². The van der Waals surface area contributed by atoms with Gasteiger partial charge in [-0.1, -0.05) is 127 Å². The van der Waals surface area contributed by atoms with Gasteiger partial charge in [0.05, 0.1) is 11.4 Å². The molecule has 0 bridgehead atoms. The molecule has 0 N–H and O–H groups in total. The summed E-state index contributed by atoms with van der Waals surface area (Å²) in [5, 5.41) is 2.90. The molecule has 0 amide bonds. The van der Waals surface area contributed by atoms with Gasteiger partial charge in [0.1, 0.15) is 11.2 Å². The van der Waals surface area contributed by atoms with Crippen LogP contribution in [0.15, 0.2) is 156 Å². The van der Waals surface area contributed by atoms with E-state index in [4.69, 9.17) is 26.0 Å². The van der Waals surface area contributed by atoms with Crippen LogP contribution in [0.25, 0.3) is 78.1 Å². The summed E-state index contributed by atoms with van der Waals surface area (Å²) in [4.78, 5) is 10.0. The van der Waals surface area contributed by atoms with Gasteiger partial charge in [-0.3, -0.25) is 0 Å². The molecule has 4 heteroatoms. The third-order valence-electron chi connectivity index (χ3n) is 7.98. The van der Waals surface area contributed by atoms with E-state index in [1.807, 2.05) is 78.9 Å². The van der Waals surface area contributed by atoms with Gasteiger partial charge in [0.25, 0.3) is 0 Å². The van der Waals surface area contributed by atoms with Crippen molar-refractivity contribution < 1.29 is 4.42 Å². The van der Waals surface area contributed by atoms with Crippen LogP contribution >= 0.6 is 11.6 Å². The number of para-hydroxylation sites is 1. The van der Waals surface area contributed by atoms with Crippen LogP contribution in [0, 0.1) is 0 Å². The molecule has 6 aromatic carbocycles. The van der Waals surface area contributed by atoms with E-state index in [0.717, 1.165) is 72.3 Å². The molecule has 0 radical (unpaired) electrons. The van der Waals surface area contributed by atoms with Crippen LogP contribution < -0.4 is 0 Å². The molecule has 2 aromatic heterocycles. The van der Waals surface area contributed by atoms with Crippen molar-refractivity contribution in [1.29, 1.82) is 0 Å². The van der Waals surface area contributed by atoms with E-state index in [0.29, 0.717) is 10.8 Å². The Hall–Kier alpha value is -5.51. The molecule has 2 heterocycles. The van der Waals surface area contributed by atoms with Crippen LogP contribution in [0.5, 0.6) is 0 Å². The van der Waals surface area contributed by atoms with Gasteiger partial charge < -0.3 is 4.42 Å². The zero-order valence-electron chi connectivity index (χ0n) is 23.6. The largest absolute Gasteiger partial charge is 0.456 e. The lowest BCUT2D eigenvalue weighted by atomic mass is 9.98. The average molecular weight is 585 g/mol. The first-order valence-corrected chi connectivity index (χ1v) is 14.9. The average Bonchev–Trinajstić information content (AvgIpc) is 3.47. The summed E-state index contributed by atoms with van der Waals surface area (Å²) in [6, 6.07) is 51.5. The van der Waals surface area contributed by atoms with Gasteiger partial charge >= 0.3 is 0 Å². The van der Waals surface area contributed by atoms with Crippen molar-refractivity contribution in [2.24, 2.45) is 0 Å². The zero-order chi connectivity index (χ0) is 29.5. The molecule has 8 aromatic rings. The predicted molar refractivity (Wildman–Crippen MR) is 181 cm³/mol. The number of aromatic nitrogens is 2. The molecule has 0 aliphatic heterocycles. The summed E-state index contributed by atoms with van der Waals surface area (Å²) in [5.41, 5.74) is 10.6. The third-order valence-corrected chi connectivity index (χ3v) is 8.29. The number of halogens is 1. The minimum Gasteiger partial charge on any atom is -0.456 e. The van der Waals surface area contributed by atoms with Crippen molar-refractivity contribution in [2.75, 3.05) is 0 Å². The van der Waals surface area contributed by atoms with Crippen molar-refractivity contribution >= 4 is 33.5 Å². The summed E-state index contributed by atoms with van der Waals surface area (Å²) in [5.74, 6) is 0.665. The number of fused-ring (bicyclic) bond motifs is 3. The van der Waals surface area contributed by atoms with Gasteiger partial charge in [-0.2, -0.15) is 0 Å². The van der Waals surface area contributed by atoms with Crippen molar-refractivity contribution in [2.45, 2.75) is 0 Å². The first-order valence-electron chi connectivity index (χ1n) is 14.5. The van der Waals surface area contributed by atoms with Crippen LogP contribution in [0.1, 0.15) is 0 Å². The monoisotopic (exact) mass is 584 g/mol. The Morgan fingerprint density at radius 1 is 0.409 bits per heavy atom. The van der Waals surface area contributed by atoms with E-state index in [2.05, 4.69) is 72.8 Å². The fraction of sp³-hybridized carbons (Fsp3) is 0. The van der Waals surface area contributed by atoms with Crippen molar-refractivity contribution in [3.8, 4) is 56.2 Å². The Kier molecular flexibility index (Phi) is 6.51. The second-order valence-corrected chi connectivity index (χ2v) is 11.2. The maximum atomic E-state index is 6.84. The molecule has 0 unspecified atom stereocenters. The molecule has 0 aliphatic rings. The Balaban J connectivity index is 1.24. The summed E-state index contributed by atoms with van der Waals surface area (Å²) < 4.78 is 6.06. The molecule has 0 saturated carbocycles. The van der Waals surface area contributed by atoms with Gasteiger partial charge in [0, 0.05) is 38.0 Å². The molecule has 0 aliphatic carbocycles. The maximum Gasteiger partial charge on any atom is 0.160 e. The van der Waals surface area contributed by atoms with Gasteiger partial charge in [-0.05, 0) is 53.1 Å². The minimum absolute atomic E-state index is 0.665. The molecule has 0 spiro atoms. The second kappa shape index (κ2) is 11.0. The van der Waals surface area contributed by atoms with E-state index in [9.17, 15) is 0 Å². The third kappa shape index (κ3) is 4.84. The van der Waals surface area contributed by atoms with Crippen LogP contribution in [0.4, 0.5) is 0 Å². The Morgan fingerprint density at radius 3 is 1.77 bits per heavy atom. The summed E-state index contributed by atoms with van der Waals surface area (Å²) >= 11 is 6.84. The molecule has 208 valence electrons. The molecule has 3 nitrogen and oxygen atoms in total. The standard InChI is InChI=1S/C40H25ClN2O/c41-35-24-31(18-20-32(35)26-10-3-1-4-11-26)37-25-36(42-40(43-37)27-12-5-2-6-13-27)30-15-9-14-28(22-30)29-19-21-39-34(23-29)33-16-7-8-17-38(33)44-39/h1-25H. The molecule has 8 rings (SSSR count). The quantitative estimate of drug-likeness (QED) is 0.202. The lowest BCUT2D eigenvalue weighted by molar-refractivity contribution is 0.669. The van der Waals surface area contributed by atoms with E-state index in [1.165, 1.54) is 0 Å². The van der Waals surface area contributed by atoms with Crippen LogP contribution in [-0.4, -0.2) is 9.97 Å². The molecule has 44 heavy (non-hydrogen) atoms. The lowest BCUT2D eigenvalue weighted by Gasteiger charge is -2.12. The number of benzene rings is 6. The summed E-state index contributed by atoms with van der Waals surface area (Å²) in [6.45, 7) is 0. The fourth-order valence-electron chi connectivity index (χ4n) is 5.75. The Labute approximate surface area is 260 Å². The molecule has 0 saturated heterocycles. The number of nitrogens with zero attached hydrogens (tertiary/aromatic N) is 2. The topological polar surface area (TPSA) is 38.9 Å². The minimum atomic E-state index is 0.665. The molecular formula is C40H25ClN2O. The van der Waals surface area contributed by atoms with E-state index >= 15 is 0 Å². The number of furan rings is 1. The summed E-state index contributed by atoms with van der Waals surface area (Å²) in [7, 11) is 0. The maximum absolute atomic E-state index is 6.84. The van der Waals surface area contributed by atoms with Gasteiger partial charge in [-0.25, -0.2) is 9.97 Å². The molecular weight excluding hydrogens is 560 g/mol. The first-order chi connectivity index (χ1) is 21.7. The van der Waals surface area contributed by atoms with E-state index in [-0.39, 0.29) is 0 Å². The Morgan fingerprint density at radius 2 is 1.00 bits per heavy atom. The molecule has 0 atom stereocenters. The van der Waals surface area contributed by atoms with Gasteiger partial charge in [0.2, 0.25) is 0 Å². The van der Waals surface area contributed by atoms with Crippen LogP contribution in [0.2, 0.25) is 5.02 Å². The number of hydrogen-bond acceptors (Lipinski definition) is 3. The SMILES string of the molecule is Clc1cc(-c2cc(-c3cccc(-c4ccc5oc6ccccc6c5c4)c3)nc(-c3ccccc3)n2)ccc1-c1ccccc1. The van der Waals surface area contributed by atoms with Gasteiger partial charge in [0.15, 0.2) is 5.82 Å². The van der Waals surface area contributed by atoms with Crippen LogP contribution in [0.3, 0.4) is 0 Å². The fourth-order valence-corrected chi connectivity index (χ4v) is 6.04. The lowest BCUT2D eigenvalue weighted by Crippen LogP contribution is -1.96. The highest BCUT2D eigenvalue weighted by Crippen LogP contribution is 2.36. The highest BCUT2D eigenvalue weighted by atomic mass is 35.5. The second-order valence-electron chi connectivity index (χ2n) is 10.8. The van der Waals surface area contributed by atoms with Crippen molar-refractivity contribution in [3.05, 3.63) is 157 Å². The summed E-state index contributed by atoms with van der Waals surface area (Å²) in [6.07, 6.45) is 0. The van der Waals surface area contributed by atoms with Gasteiger partial charge in [-0.15, -0.1) is 0 Å².